The van der Waals surface area contributed by atoms with Gasteiger partial charge in [-0.2, -0.15) is 0 Å². The fraction of sp³-hybridized carbons (Fsp3) is 0.188. The van der Waals surface area contributed by atoms with E-state index in [1.54, 1.807) is 18.2 Å². The van der Waals surface area contributed by atoms with Gasteiger partial charge in [-0.15, -0.1) is 0 Å². The number of benzene rings is 2. The van der Waals surface area contributed by atoms with Gasteiger partial charge >= 0.3 is 0 Å². The van der Waals surface area contributed by atoms with Gasteiger partial charge in [0.1, 0.15) is 5.75 Å². The van der Waals surface area contributed by atoms with Crippen molar-refractivity contribution in [1.29, 1.82) is 0 Å². The van der Waals surface area contributed by atoms with Crippen molar-refractivity contribution in [2.24, 2.45) is 0 Å². The molecule has 20 heavy (non-hydrogen) atoms. The van der Waals surface area contributed by atoms with Crippen LogP contribution in [0.25, 0.3) is 0 Å². The van der Waals surface area contributed by atoms with Crippen LogP contribution in [-0.2, 0) is 11.2 Å². The lowest BCUT2D eigenvalue weighted by atomic mass is 10.1. The van der Waals surface area contributed by atoms with Crippen LogP contribution in [0.1, 0.15) is 17.5 Å². The zero-order valence-electron chi connectivity index (χ0n) is 11.2. The second-order valence-corrected chi connectivity index (χ2v) is 5.54. The molecule has 2 aromatic rings. The van der Waals surface area contributed by atoms with Crippen LogP contribution in [0.2, 0.25) is 0 Å². The molecule has 2 rings (SSSR count). The van der Waals surface area contributed by atoms with Gasteiger partial charge in [0.2, 0.25) is 5.91 Å². The van der Waals surface area contributed by atoms with Gasteiger partial charge in [-0.1, -0.05) is 34.1 Å². The average molecular weight is 334 g/mol. The van der Waals surface area contributed by atoms with E-state index in [0.717, 1.165) is 15.6 Å². The monoisotopic (exact) mass is 333 g/mol. The molecule has 0 spiro atoms. The summed E-state index contributed by atoms with van der Waals surface area (Å²) in [5.41, 5.74) is 2.91. The first kappa shape index (κ1) is 14.6. The number of aryl methyl sites for hydroxylation is 2. The molecular weight excluding hydrogens is 318 g/mol. The largest absolute Gasteiger partial charge is 0.508 e. The number of rotatable bonds is 4. The van der Waals surface area contributed by atoms with Crippen LogP contribution < -0.4 is 5.32 Å². The third-order valence-electron chi connectivity index (χ3n) is 2.99. The molecule has 0 saturated heterocycles. The van der Waals surface area contributed by atoms with Gasteiger partial charge in [0.15, 0.2) is 0 Å². The Morgan fingerprint density at radius 2 is 2.05 bits per heavy atom. The molecule has 0 saturated carbocycles. The van der Waals surface area contributed by atoms with Crippen LogP contribution in [0, 0.1) is 6.92 Å². The summed E-state index contributed by atoms with van der Waals surface area (Å²) in [5, 5.41) is 12.1. The maximum atomic E-state index is 11.8. The molecule has 0 aliphatic heterocycles. The highest BCUT2D eigenvalue weighted by Crippen LogP contribution is 2.19. The lowest BCUT2D eigenvalue weighted by Crippen LogP contribution is -2.12. The van der Waals surface area contributed by atoms with Crippen molar-refractivity contribution < 1.29 is 9.90 Å². The van der Waals surface area contributed by atoms with Crippen molar-refractivity contribution in [3.05, 3.63) is 58.1 Å². The minimum atomic E-state index is -0.0591. The summed E-state index contributed by atoms with van der Waals surface area (Å²) in [6.45, 7) is 2.03. The number of hydrogen-bond donors (Lipinski definition) is 2. The van der Waals surface area contributed by atoms with Gasteiger partial charge in [0, 0.05) is 22.6 Å². The summed E-state index contributed by atoms with van der Waals surface area (Å²) in [4.78, 5) is 11.8. The van der Waals surface area contributed by atoms with Crippen molar-refractivity contribution in [2.45, 2.75) is 19.8 Å². The molecule has 3 nitrogen and oxygen atoms in total. The van der Waals surface area contributed by atoms with E-state index in [2.05, 4.69) is 27.3 Å². The second kappa shape index (κ2) is 6.57. The molecule has 0 unspecified atom stereocenters. The van der Waals surface area contributed by atoms with Crippen molar-refractivity contribution >= 4 is 27.5 Å². The molecule has 1 amide bonds. The minimum Gasteiger partial charge on any atom is -0.508 e. The minimum absolute atomic E-state index is 0.0591. The Bertz CT molecular complexity index is 626. The average Bonchev–Trinajstić information content (AvgIpc) is 2.40. The first-order valence-electron chi connectivity index (χ1n) is 6.38. The third kappa shape index (κ3) is 4.10. The summed E-state index contributed by atoms with van der Waals surface area (Å²) < 4.78 is 1.07. The fourth-order valence-electron chi connectivity index (χ4n) is 1.93. The Morgan fingerprint density at radius 3 is 2.75 bits per heavy atom. The molecule has 2 aromatic carbocycles. The number of anilines is 1. The van der Waals surface area contributed by atoms with Gasteiger partial charge in [-0.05, 0) is 42.7 Å². The van der Waals surface area contributed by atoms with Crippen molar-refractivity contribution in [1.82, 2.24) is 0 Å². The topological polar surface area (TPSA) is 49.3 Å². The van der Waals surface area contributed by atoms with Crippen LogP contribution in [0.15, 0.2) is 46.9 Å². The molecular formula is C16H16BrNO2. The number of hydrogen-bond acceptors (Lipinski definition) is 2. The number of carbonyl (C=O) groups is 1. The maximum Gasteiger partial charge on any atom is 0.224 e. The molecule has 0 aliphatic rings. The fourth-order valence-corrected chi connectivity index (χ4v) is 2.17. The first-order valence-corrected chi connectivity index (χ1v) is 7.18. The number of aromatic hydroxyl groups is 1. The summed E-state index contributed by atoms with van der Waals surface area (Å²) in [6.07, 6.45) is 1.11. The van der Waals surface area contributed by atoms with Crippen LogP contribution >= 0.6 is 15.9 Å². The quantitative estimate of drug-likeness (QED) is 0.887. The van der Waals surface area contributed by atoms with Crippen LogP contribution in [0.3, 0.4) is 0 Å². The zero-order valence-corrected chi connectivity index (χ0v) is 12.8. The van der Waals surface area contributed by atoms with E-state index in [1.807, 2.05) is 19.1 Å². The van der Waals surface area contributed by atoms with Crippen molar-refractivity contribution in [2.75, 3.05) is 5.32 Å². The summed E-state index contributed by atoms with van der Waals surface area (Å²) in [7, 11) is 0. The maximum absolute atomic E-state index is 11.8. The Morgan fingerprint density at radius 1 is 1.25 bits per heavy atom. The van der Waals surface area contributed by atoms with E-state index in [0.29, 0.717) is 18.5 Å². The smallest absolute Gasteiger partial charge is 0.224 e. The molecule has 0 bridgehead atoms. The summed E-state index contributed by atoms with van der Waals surface area (Å²) >= 11 is 3.46. The second-order valence-electron chi connectivity index (χ2n) is 4.68. The predicted octanol–water partition coefficient (Wildman–Crippen LogP) is 4.03. The number of phenolic OH excluding ortho intramolecular Hbond substituents is 1. The SMILES string of the molecule is Cc1cc(CCC(=O)Nc2cccc(O)c2)ccc1Br. The van der Waals surface area contributed by atoms with E-state index in [-0.39, 0.29) is 11.7 Å². The Hall–Kier alpha value is -1.81. The van der Waals surface area contributed by atoms with Crippen LogP contribution in [0.5, 0.6) is 5.75 Å². The van der Waals surface area contributed by atoms with Crippen LogP contribution in [-0.4, -0.2) is 11.0 Å². The standard InChI is InChI=1S/C16H16BrNO2/c1-11-9-12(5-7-15(11)17)6-8-16(20)18-13-3-2-4-14(19)10-13/h2-5,7,9-10,19H,6,8H2,1H3,(H,18,20). The normalized spacial score (nSPS) is 10.3. The number of halogens is 1. The lowest BCUT2D eigenvalue weighted by Gasteiger charge is -2.07. The lowest BCUT2D eigenvalue weighted by molar-refractivity contribution is -0.116. The number of carbonyl (C=O) groups excluding carboxylic acids is 1. The van der Waals surface area contributed by atoms with E-state index >= 15 is 0 Å². The number of amides is 1. The van der Waals surface area contributed by atoms with Gasteiger partial charge in [0.25, 0.3) is 0 Å². The van der Waals surface area contributed by atoms with Crippen LogP contribution in [0.4, 0.5) is 5.69 Å². The zero-order chi connectivity index (χ0) is 14.5. The van der Waals surface area contributed by atoms with Gasteiger partial charge in [-0.25, -0.2) is 0 Å². The van der Waals surface area contributed by atoms with Gasteiger partial charge in [0.05, 0.1) is 0 Å². The first-order chi connectivity index (χ1) is 9.54. The Balaban J connectivity index is 1.90. The number of nitrogens with one attached hydrogen (secondary N) is 1. The molecule has 4 heteroatoms. The van der Waals surface area contributed by atoms with Gasteiger partial charge in [-0.3, -0.25) is 4.79 Å². The van der Waals surface area contributed by atoms with E-state index in [4.69, 9.17) is 0 Å². The van der Waals surface area contributed by atoms with Crippen molar-refractivity contribution in [3.8, 4) is 5.75 Å². The molecule has 0 heterocycles. The molecule has 0 aromatic heterocycles. The molecule has 0 atom stereocenters. The Kier molecular flexibility index (Phi) is 4.79. The molecule has 2 N–H and O–H groups in total. The third-order valence-corrected chi connectivity index (χ3v) is 3.88. The highest BCUT2D eigenvalue weighted by atomic mass is 79.9. The highest BCUT2D eigenvalue weighted by Gasteiger charge is 2.04. The molecule has 0 radical (unpaired) electrons. The molecule has 104 valence electrons. The van der Waals surface area contributed by atoms with Crippen molar-refractivity contribution in [3.63, 3.8) is 0 Å². The predicted molar refractivity (Wildman–Crippen MR) is 83.9 cm³/mol. The Labute approximate surface area is 126 Å². The molecule has 0 fully saturated rings. The van der Waals surface area contributed by atoms with E-state index < -0.39 is 0 Å². The van der Waals surface area contributed by atoms with E-state index in [1.165, 1.54) is 6.07 Å². The highest BCUT2D eigenvalue weighted by molar-refractivity contribution is 9.10. The summed E-state index contributed by atoms with van der Waals surface area (Å²) in [6, 6.07) is 12.6. The van der Waals surface area contributed by atoms with E-state index in [9.17, 15) is 9.90 Å². The summed E-state index contributed by atoms with van der Waals surface area (Å²) in [5.74, 6) is 0.0857. The van der Waals surface area contributed by atoms with Gasteiger partial charge < -0.3 is 10.4 Å². The molecule has 0 aliphatic carbocycles. The number of phenols is 1.